The molecule has 1 aromatic heterocycles. The number of thiophene rings is 1. The Balaban J connectivity index is 0.864. The first-order valence-electron chi connectivity index (χ1n) is 24.6. The van der Waals surface area contributed by atoms with E-state index in [-0.39, 0.29) is 0 Å². The second-order valence-electron chi connectivity index (χ2n) is 19.4. The van der Waals surface area contributed by atoms with Crippen molar-refractivity contribution in [3.05, 3.63) is 243 Å². The molecule has 1 heterocycles. The third-order valence-corrected chi connectivity index (χ3v) is 16.9. The van der Waals surface area contributed by atoms with E-state index in [0.717, 1.165) is 0 Å². The molecule has 16 rings (SSSR count). The first-order chi connectivity index (χ1) is 35.2. The van der Waals surface area contributed by atoms with E-state index >= 15 is 0 Å². The van der Waals surface area contributed by atoms with Crippen molar-refractivity contribution in [3.8, 4) is 44.5 Å². The van der Waals surface area contributed by atoms with Gasteiger partial charge in [-0.3, -0.25) is 0 Å². The highest BCUT2D eigenvalue weighted by Gasteiger charge is 2.20. The Hall–Kier alpha value is -8.88. The summed E-state index contributed by atoms with van der Waals surface area (Å²) in [5.41, 5.74) is 9.98. The molecular weight excluding hydrogens is 873 g/mol. The fraction of sp³-hybridized carbons (Fsp3) is 0. The Morgan fingerprint density at radius 1 is 0.197 bits per heavy atom. The summed E-state index contributed by atoms with van der Waals surface area (Å²) < 4.78 is 2.68. The minimum Gasteiger partial charge on any atom is -0.135 e. The SMILES string of the molecule is c1cc(-c2c3ccccc3c(-c3ccc4ccccc4c3)c3ccccc23)cc(-c2ccc3ccc4c(-c5ccc6c(c5)c5ccccc5c5cc7c(cc65)sc5ccccc57)ccc5ccc2c3c54)c1. The van der Waals surface area contributed by atoms with Gasteiger partial charge in [-0.25, -0.2) is 0 Å². The molecule has 0 saturated heterocycles. The molecule has 0 radical (unpaired) electrons. The highest BCUT2D eigenvalue weighted by Crippen LogP contribution is 2.48. The van der Waals surface area contributed by atoms with Gasteiger partial charge in [0.1, 0.15) is 0 Å². The van der Waals surface area contributed by atoms with Crippen LogP contribution in [0.5, 0.6) is 0 Å². The number of hydrogen-bond donors (Lipinski definition) is 0. The summed E-state index contributed by atoms with van der Waals surface area (Å²) >= 11 is 1.89. The van der Waals surface area contributed by atoms with Crippen molar-refractivity contribution >= 4 is 128 Å². The molecule has 0 aliphatic rings. The molecule has 16 aromatic rings. The largest absolute Gasteiger partial charge is 0.135 e. The molecule has 1 heteroatoms. The van der Waals surface area contributed by atoms with Crippen LogP contribution < -0.4 is 0 Å². The maximum atomic E-state index is 2.46. The lowest BCUT2D eigenvalue weighted by molar-refractivity contribution is 1.64. The monoisotopic (exact) mass is 912 g/mol. The highest BCUT2D eigenvalue weighted by atomic mass is 32.1. The Kier molecular flexibility index (Phi) is 8.14. The molecule has 0 saturated carbocycles. The fourth-order valence-corrected chi connectivity index (χ4v) is 13.7. The van der Waals surface area contributed by atoms with Crippen LogP contribution in [0.1, 0.15) is 0 Å². The second kappa shape index (κ2) is 14.8. The maximum Gasteiger partial charge on any atom is 0.0362 e. The Morgan fingerprint density at radius 3 is 1.31 bits per heavy atom. The van der Waals surface area contributed by atoms with E-state index in [0.29, 0.717) is 0 Å². The van der Waals surface area contributed by atoms with Gasteiger partial charge in [-0.1, -0.05) is 206 Å². The van der Waals surface area contributed by atoms with Crippen molar-refractivity contribution < 1.29 is 0 Å². The van der Waals surface area contributed by atoms with Crippen LogP contribution in [-0.4, -0.2) is 0 Å². The third kappa shape index (κ3) is 5.67. The zero-order valence-corrected chi connectivity index (χ0v) is 39.3. The van der Waals surface area contributed by atoms with E-state index in [1.165, 1.54) is 162 Å². The minimum absolute atomic E-state index is 1.22. The Bertz CT molecular complexity index is 4880. The first kappa shape index (κ1) is 39.0. The average molecular weight is 913 g/mol. The van der Waals surface area contributed by atoms with Crippen LogP contribution >= 0.6 is 11.3 Å². The zero-order valence-electron chi connectivity index (χ0n) is 38.5. The van der Waals surface area contributed by atoms with Crippen LogP contribution in [-0.2, 0) is 0 Å². The van der Waals surface area contributed by atoms with Crippen LogP contribution in [0.25, 0.3) is 162 Å². The van der Waals surface area contributed by atoms with E-state index in [1.54, 1.807) is 0 Å². The molecule has 0 aliphatic carbocycles. The molecule has 71 heavy (non-hydrogen) atoms. The lowest BCUT2D eigenvalue weighted by Gasteiger charge is -2.19. The normalized spacial score (nSPS) is 12.2. The number of benzene rings is 15. The molecule has 0 amide bonds. The van der Waals surface area contributed by atoms with Gasteiger partial charge in [0.15, 0.2) is 0 Å². The summed E-state index contributed by atoms with van der Waals surface area (Å²) in [6.07, 6.45) is 0. The standard InChI is InChI=1S/C70H40S/c1-2-13-44-36-48(25-24-41(44)12-1)68-57-21-7-5-19-55(57)67(56-20-6-8-22-58(56)68)47-15-11-14-45(37-47)49-31-26-42-29-35-60-50(32-27-43-28-34-59(49)69(42)70(43)60)46-30-33-53-61(38-46)51-16-3-4-17-52(51)62-39-64-54-18-9-10-23-65(54)71-66(64)40-63(53)62/h1-40H. The van der Waals surface area contributed by atoms with E-state index in [1.807, 2.05) is 11.3 Å². The van der Waals surface area contributed by atoms with Gasteiger partial charge in [-0.2, -0.15) is 0 Å². The molecule has 0 aliphatic heterocycles. The average Bonchev–Trinajstić information content (AvgIpc) is 3.80. The zero-order chi connectivity index (χ0) is 46.3. The summed E-state index contributed by atoms with van der Waals surface area (Å²) in [6.45, 7) is 0. The van der Waals surface area contributed by atoms with Gasteiger partial charge in [0, 0.05) is 20.2 Å². The van der Waals surface area contributed by atoms with Crippen LogP contribution in [0.4, 0.5) is 0 Å². The molecule has 0 spiro atoms. The van der Waals surface area contributed by atoms with Crippen LogP contribution in [0, 0.1) is 0 Å². The minimum atomic E-state index is 1.22. The van der Waals surface area contributed by atoms with Crippen molar-refractivity contribution in [1.82, 2.24) is 0 Å². The van der Waals surface area contributed by atoms with Gasteiger partial charge in [-0.05, 0) is 178 Å². The van der Waals surface area contributed by atoms with E-state index < -0.39 is 0 Å². The van der Waals surface area contributed by atoms with Crippen LogP contribution in [0.2, 0.25) is 0 Å². The molecule has 0 unspecified atom stereocenters. The number of rotatable bonds is 4. The van der Waals surface area contributed by atoms with Crippen molar-refractivity contribution in [2.45, 2.75) is 0 Å². The highest BCUT2D eigenvalue weighted by molar-refractivity contribution is 7.25. The summed E-state index contributed by atoms with van der Waals surface area (Å²) in [5, 5.41) is 25.8. The second-order valence-corrected chi connectivity index (χ2v) is 20.5. The van der Waals surface area contributed by atoms with Gasteiger partial charge in [-0.15, -0.1) is 11.3 Å². The predicted molar refractivity (Wildman–Crippen MR) is 310 cm³/mol. The molecule has 0 fully saturated rings. The van der Waals surface area contributed by atoms with Gasteiger partial charge < -0.3 is 0 Å². The smallest absolute Gasteiger partial charge is 0.0362 e. The molecule has 326 valence electrons. The molecule has 0 N–H and O–H groups in total. The third-order valence-electron chi connectivity index (χ3n) is 15.7. The summed E-state index contributed by atoms with van der Waals surface area (Å²) in [5.74, 6) is 0. The van der Waals surface area contributed by atoms with E-state index in [2.05, 4.69) is 243 Å². The quantitative estimate of drug-likeness (QED) is 0.122. The lowest BCUT2D eigenvalue weighted by Crippen LogP contribution is -1.92. The van der Waals surface area contributed by atoms with Crippen LogP contribution in [0.3, 0.4) is 0 Å². The fourth-order valence-electron chi connectivity index (χ4n) is 12.6. The number of hydrogen-bond acceptors (Lipinski definition) is 1. The first-order valence-corrected chi connectivity index (χ1v) is 25.5. The summed E-state index contributed by atoms with van der Waals surface area (Å²) in [4.78, 5) is 0. The van der Waals surface area contributed by atoms with Gasteiger partial charge >= 0.3 is 0 Å². The lowest BCUT2D eigenvalue weighted by atomic mass is 9.84. The van der Waals surface area contributed by atoms with E-state index in [4.69, 9.17) is 0 Å². The molecule has 0 atom stereocenters. The Labute approximate surface area is 413 Å². The molecule has 0 bridgehead atoms. The van der Waals surface area contributed by atoms with Crippen molar-refractivity contribution in [3.63, 3.8) is 0 Å². The summed E-state index contributed by atoms with van der Waals surface area (Å²) in [6, 6.07) is 91.5. The predicted octanol–water partition coefficient (Wildman–Crippen LogP) is 20.5. The van der Waals surface area contributed by atoms with Crippen molar-refractivity contribution in [2.75, 3.05) is 0 Å². The molecule has 15 aromatic carbocycles. The molecule has 0 nitrogen and oxygen atoms in total. The maximum absolute atomic E-state index is 2.46. The molecular formula is C70H40S. The number of fused-ring (bicyclic) bond motifs is 12. The van der Waals surface area contributed by atoms with E-state index in [9.17, 15) is 0 Å². The van der Waals surface area contributed by atoms with Crippen molar-refractivity contribution in [2.24, 2.45) is 0 Å². The summed E-state index contributed by atoms with van der Waals surface area (Å²) in [7, 11) is 0. The van der Waals surface area contributed by atoms with Crippen LogP contribution in [0.15, 0.2) is 243 Å². The Morgan fingerprint density at radius 2 is 0.648 bits per heavy atom. The van der Waals surface area contributed by atoms with Gasteiger partial charge in [0.05, 0.1) is 0 Å². The van der Waals surface area contributed by atoms with Crippen molar-refractivity contribution in [1.29, 1.82) is 0 Å². The van der Waals surface area contributed by atoms with Gasteiger partial charge in [0.2, 0.25) is 0 Å². The van der Waals surface area contributed by atoms with Gasteiger partial charge in [0.25, 0.3) is 0 Å². The topological polar surface area (TPSA) is 0 Å².